The molecule has 2 aromatic rings. The van der Waals surface area contributed by atoms with Crippen LogP contribution in [0.3, 0.4) is 0 Å². The summed E-state index contributed by atoms with van der Waals surface area (Å²) in [5.41, 5.74) is 3.90. The minimum Gasteiger partial charge on any atom is -0.411 e. The van der Waals surface area contributed by atoms with Crippen LogP contribution >= 0.6 is 11.6 Å². The van der Waals surface area contributed by atoms with E-state index in [1.54, 1.807) is 12.1 Å². The van der Waals surface area contributed by atoms with E-state index in [1.165, 1.54) is 17.7 Å². The second-order valence-electron chi connectivity index (χ2n) is 5.14. The summed E-state index contributed by atoms with van der Waals surface area (Å²) >= 11 is 5.81. The van der Waals surface area contributed by atoms with Crippen LogP contribution in [0.15, 0.2) is 52.5 Å². The van der Waals surface area contributed by atoms with E-state index in [2.05, 4.69) is 5.16 Å². The summed E-state index contributed by atoms with van der Waals surface area (Å²) in [4.78, 5) is -0.0666. The molecule has 0 aliphatic heterocycles. The SMILES string of the molecule is Cc1ccc(S(=O)(=O)O)cc1.O/N=C1\CCc2ccc(Cl)cc21. The lowest BCUT2D eigenvalue weighted by atomic mass is 10.1. The molecule has 0 unspecified atom stereocenters. The van der Waals surface area contributed by atoms with Crippen molar-refractivity contribution >= 4 is 27.4 Å². The van der Waals surface area contributed by atoms with Crippen LogP contribution in [0.2, 0.25) is 5.02 Å². The van der Waals surface area contributed by atoms with Gasteiger partial charge >= 0.3 is 0 Å². The van der Waals surface area contributed by atoms with Crippen LogP contribution in [0.4, 0.5) is 0 Å². The predicted octanol–water partition coefficient (Wildman–Crippen LogP) is 3.71. The second kappa shape index (κ2) is 7.12. The fraction of sp³-hybridized carbons (Fsp3) is 0.188. The molecular weight excluding hydrogens is 338 g/mol. The molecule has 122 valence electrons. The number of nitrogens with zero attached hydrogens (tertiary/aromatic N) is 1. The quantitative estimate of drug-likeness (QED) is 0.465. The van der Waals surface area contributed by atoms with E-state index < -0.39 is 10.1 Å². The van der Waals surface area contributed by atoms with E-state index in [1.807, 2.05) is 25.1 Å². The first-order chi connectivity index (χ1) is 10.8. The van der Waals surface area contributed by atoms with Crippen molar-refractivity contribution in [2.45, 2.75) is 24.7 Å². The number of aryl methyl sites for hydroxylation is 2. The zero-order chi connectivity index (χ0) is 17.0. The largest absolute Gasteiger partial charge is 0.411 e. The number of fused-ring (bicyclic) bond motifs is 1. The van der Waals surface area contributed by atoms with Crippen molar-refractivity contribution in [2.75, 3.05) is 0 Å². The molecule has 23 heavy (non-hydrogen) atoms. The monoisotopic (exact) mass is 353 g/mol. The van der Waals surface area contributed by atoms with Crippen molar-refractivity contribution < 1.29 is 18.2 Å². The Kier molecular flexibility index (Phi) is 5.41. The lowest BCUT2D eigenvalue weighted by Gasteiger charge is -1.97. The lowest BCUT2D eigenvalue weighted by Crippen LogP contribution is -1.96. The third kappa shape index (κ3) is 4.54. The summed E-state index contributed by atoms with van der Waals surface area (Å²) in [6, 6.07) is 11.7. The molecule has 0 amide bonds. The first-order valence-corrected chi connectivity index (χ1v) is 8.67. The molecule has 0 spiro atoms. The number of hydrogen-bond donors (Lipinski definition) is 2. The van der Waals surface area contributed by atoms with Gasteiger partial charge in [-0.25, -0.2) is 0 Å². The van der Waals surface area contributed by atoms with Crippen molar-refractivity contribution in [3.8, 4) is 0 Å². The molecular formula is C16H16ClNO4S. The summed E-state index contributed by atoms with van der Waals surface area (Å²) in [7, 11) is -4.02. The molecule has 0 saturated heterocycles. The van der Waals surface area contributed by atoms with Gasteiger partial charge in [0.25, 0.3) is 10.1 Å². The molecule has 2 aromatic carbocycles. The second-order valence-corrected chi connectivity index (χ2v) is 6.99. The highest BCUT2D eigenvalue weighted by Crippen LogP contribution is 2.25. The van der Waals surface area contributed by atoms with Gasteiger partial charge in [0.05, 0.1) is 10.6 Å². The highest BCUT2D eigenvalue weighted by Gasteiger charge is 2.17. The van der Waals surface area contributed by atoms with E-state index in [9.17, 15) is 8.42 Å². The molecule has 5 nitrogen and oxygen atoms in total. The van der Waals surface area contributed by atoms with Crippen LogP contribution < -0.4 is 0 Å². The molecule has 0 heterocycles. The Balaban J connectivity index is 0.000000168. The van der Waals surface area contributed by atoms with Gasteiger partial charge in [-0.15, -0.1) is 0 Å². The van der Waals surface area contributed by atoms with Gasteiger partial charge in [-0.2, -0.15) is 8.42 Å². The van der Waals surface area contributed by atoms with Crippen LogP contribution in [0.25, 0.3) is 0 Å². The Labute approximate surface area is 140 Å². The Hall–Kier alpha value is -1.89. The molecule has 0 bridgehead atoms. The van der Waals surface area contributed by atoms with Gasteiger partial charge in [0.2, 0.25) is 0 Å². The van der Waals surface area contributed by atoms with Crippen LogP contribution in [0, 0.1) is 6.92 Å². The first kappa shape index (κ1) is 17.5. The van der Waals surface area contributed by atoms with E-state index >= 15 is 0 Å². The molecule has 0 saturated carbocycles. The highest BCUT2D eigenvalue weighted by molar-refractivity contribution is 7.85. The zero-order valence-corrected chi connectivity index (χ0v) is 14.0. The molecule has 0 radical (unpaired) electrons. The fourth-order valence-corrected chi connectivity index (χ4v) is 2.89. The van der Waals surface area contributed by atoms with Crippen molar-refractivity contribution in [2.24, 2.45) is 5.16 Å². The highest BCUT2D eigenvalue weighted by atomic mass is 35.5. The topological polar surface area (TPSA) is 87.0 Å². The number of rotatable bonds is 1. The Morgan fingerprint density at radius 3 is 2.30 bits per heavy atom. The number of hydrogen-bond acceptors (Lipinski definition) is 4. The molecule has 1 aliphatic carbocycles. The summed E-state index contributed by atoms with van der Waals surface area (Å²) in [6.45, 7) is 1.84. The van der Waals surface area contributed by atoms with Gasteiger partial charge in [0.15, 0.2) is 0 Å². The number of oxime groups is 1. The van der Waals surface area contributed by atoms with Crippen LogP contribution in [0.5, 0.6) is 0 Å². The summed E-state index contributed by atoms with van der Waals surface area (Å²) in [6.07, 6.45) is 1.76. The average Bonchev–Trinajstić information content (AvgIpc) is 2.89. The maximum atomic E-state index is 10.5. The Morgan fingerprint density at radius 1 is 1.09 bits per heavy atom. The van der Waals surface area contributed by atoms with E-state index in [0.29, 0.717) is 5.02 Å². The van der Waals surface area contributed by atoms with Crippen molar-refractivity contribution in [1.29, 1.82) is 0 Å². The van der Waals surface area contributed by atoms with Crippen molar-refractivity contribution in [3.63, 3.8) is 0 Å². The molecule has 7 heteroatoms. The standard InChI is InChI=1S/C9H8ClNO.C7H8O3S/c10-7-3-1-6-2-4-9(11-12)8(6)5-7;1-6-2-4-7(5-3-6)11(8,9)10/h1,3,5,12H,2,4H2;2-5H,1H3,(H,8,9,10)/b11-9+;. The van der Waals surface area contributed by atoms with Crippen LogP contribution in [0.1, 0.15) is 23.1 Å². The van der Waals surface area contributed by atoms with Gasteiger partial charge < -0.3 is 5.21 Å². The van der Waals surface area contributed by atoms with Gasteiger partial charge in [-0.05, 0) is 49.6 Å². The summed E-state index contributed by atoms with van der Waals surface area (Å²) in [5, 5.41) is 12.6. The fourth-order valence-electron chi connectivity index (χ4n) is 2.24. The molecule has 2 N–H and O–H groups in total. The maximum absolute atomic E-state index is 10.5. The molecule has 1 aliphatic rings. The Morgan fingerprint density at radius 2 is 1.74 bits per heavy atom. The van der Waals surface area contributed by atoms with Gasteiger partial charge in [-0.3, -0.25) is 4.55 Å². The minimum absolute atomic E-state index is 0.0666. The summed E-state index contributed by atoms with van der Waals surface area (Å²) in [5.74, 6) is 0. The van der Waals surface area contributed by atoms with E-state index in [-0.39, 0.29) is 4.90 Å². The van der Waals surface area contributed by atoms with Gasteiger partial charge in [-0.1, -0.05) is 40.5 Å². The minimum atomic E-state index is -4.02. The molecule has 0 aromatic heterocycles. The van der Waals surface area contributed by atoms with Crippen molar-refractivity contribution in [1.82, 2.24) is 0 Å². The van der Waals surface area contributed by atoms with Gasteiger partial charge in [0, 0.05) is 10.6 Å². The number of benzene rings is 2. The van der Waals surface area contributed by atoms with E-state index in [4.69, 9.17) is 21.4 Å². The van der Waals surface area contributed by atoms with Gasteiger partial charge in [0.1, 0.15) is 0 Å². The van der Waals surface area contributed by atoms with Crippen LogP contribution in [-0.4, -0.2) is 23.9 Å². The third-order valence-corrected chi connectivity index (χ3v) is 4.56. The molecule has 0 atom stereocenters. The smallest absolute Gasteiger partial charge is 0.294 e. The normalized spacial score (nSPS) is 15.0. The molecule has 0 fully saturated rings. The third-order valence-electron chi connectivity index (χ3n) is 3.45. The summed E-state index contributed by atoms with van der Waals surface area (Å²) < 4.78 is 29.6. The average molecular weight is 354 g/mol. The Bertz CT molecular complexity index is 830. The van der Waals surface area contributed by atoms with E-state index in [0.717, 1.165) is 29.7 Å². The van der Waals surface area contributed by atoms with Crippen LogP contribution in [-0.2, 0) is 16.5 Å². The first-order valence-electron chi connectivity index (χ1n) is 6.85. The maximum Gasteiger partial charge on any atom is 0.294 e. The molecule has 3 rings (SSSR count). The van der Waals surface area contributed by atoms with Crippen molar-refractivity contribution in [3.05, 3.63) is 64.2 Å². The number of halogens is 1. The predicted molar refractivity (Wildman–Crippen MR) is 89.1 cm³/mol. The lowest BCUT2D eigenvalue weighted by molar-refractivity contribution is 0.318. The zero-order valence-electron chi connectivity index (χ0n) is 12.4.